The van der Waals surface area contributed by atoms with E-state index in [2.05, 4.69) is 28.5 Å². The van der Waals surface area contributed by atoms with Crippen LogP contribution in [0.2, 0.25) is 0 Å². The number of aromatic nitrogens is 2. The van der Waals surface area contributed by atoms with E-state index in [1.807, 2.05) is 60.7 Å². The van der Waals surface area contributed by atoms with Crippen LogP contribution in [0.1, 0.15) is 11.1 Å². The maximum Gasteiger partial charge on any atom is 0.244 e. The molecule has 0 aliphatic rings. The van der Waals surface area contributed by atoms with E-state index in [0.717, 1.165) is 39.0 Å². The molecule has 1 heterocycles. The van der Waals surface area contributed by atoms with Crippen LogP contribution in [0.3, 0.4) is 0 Å². The molecule has 0 bridgehead atoms. The first kappa shape index (κ1) is 19.4. The van der Waals surface area contributed by atoms with Gasteiger partial charge in [-0.2, -0.15) is 5.10 Å². The van der Waals surface area contributed by atoms with Gasteiger partial charge in [0.1, 0.15) is 11.5 Å². The second-order valence-corrected chi connectivity index (χ2v) is 6.76. The maximum absolute atomic E-state index is 5.41. The van der Waals surface area contributed by atoms with Crippen molar-refractivity contribution in [2.24, 2.45) is 5.10 Å². The van der Waals surface area contributed by atoms with Crippen molar-refractivity contribution >= 4 is 23.1 Å². The first-order chi connectivity index (χ1) is 14.7. The van der Waals surface area contributed by atoms with E-state index in [9.17, 15) is 0 Å². The van der Waals surface area contributed by atoms with Crippen LogP contribution in [0.5, 0.6) is 11.5 Å². The molecular formula is C24H22N4O2. The number of hydrogen-bond donors (Lipinski definition) is 1. The zero-order valence-electron chi connectivity index (χ0n) is 17.1. The van der Waals surface area contributed by atoms with Gasteiger partial charge in [-0.15, -0.1) is 0 Å². The Hall–Kier alpha value is -3.93. The number of rotatable bonds is 6. The smallest absolute Gasteiger partial charge is 0.244 e. The van der Waals surface area contributed by atoms with Crippen LogP contribution in [0.15, 0.2) is 71.8 Å². The lowest BCUT2D eigenvalue weighted by Gasteiger charge is -2.09. The van der Waals surface area contributed by atoms with Gasteiger partial charge >= 0.3 is 0 Å². The third kappa shape index (κ3) is 4.07. The van der Waals surface area contributed by atoms with Gasteiger partial charge in [0.05, 0.1) is 31.6 Å². The fourth-order valence-electron chi connectivity index (χ4n) is 3.19. The molecule has 0 aliphatic heterocycles. The summed E-state index contributed by atoms with van der Waals surface area (Å²) in [7, 11) is 3.23. The molecule has 6 heteroatoms. The van der Waals surface area contributed by atoms with Crippen LogP contribution >= 0.6 is 0 Å². The quantitative estimate of drug-likeness (QED) is 0.363. The van der Waals surface area contributed by atoms with Crippen LogP contribution in [-0.2, 0) is 0 Å². The van der Waals surface area contributed by atoms with Gasteiger partial charge in [0.25, 0.3) is 0 Å². The molecule has 0 aliphatic carbocycles. The van der Waals surface area contributed by atoms with Gasteiger partial charge in [-0.3, -0.25) is 0 Å². The van der Waals surface area contributed by atoms with Crippen molar-refractivity contribution in [3.05, 3.63) is 77.9 Å². The molecule has 150 valence electrons. The van der Waals surface area contributed by atoms with E-state index in [-0.39, 0.29) is 0 Å². The highest BCUT2D eigenvalue weighted by molar-refractivity contribution is 5.93. The Labute approximate surface area is 175 Å². The highest BCUT2D eigenvalue weighted by Gasteiger charge is 2.10. The van der Waals surface area contributed by atoms with Crippen molar-refractivity contribution in [3.8, 4) is 22.8 Å². The minimum atomic E-state index is 0.425. The molecule has 4 aromatic rings. The van der Waals surface area contributed by atoms with Crippen molar-refractivity contribution in [1.82, 2.24) is 9.97 Å². The minimum absolute atomic E-state index is 0.425. The number of methoxy groups -OCH3 is 2. The van der Waals surface area contributed by atoms with Crippen LogP contribution < -0.4 is 14.9 Å². The minimum Gasteiger partial charge on any atom is -0.497 e. The van der Waals surface area contributed by atoms with E-state index in [1.165, 1.54) is 0 Å². The molecule has 6 nitrogen and oxygen atoms in total. The third-order valence-electron chi connectivity index (χ3n) is 4.71. The van der Waals surface area contributed by atoms with Crippen LogP contribution in [0.4, 0.5) is 5.95 Å². The molecule has 3 aromatic carbocycles. The summed E-state index contributed by atoms with van der Waals surface area (Å²) in [5, 5.41) is 5.32. The molecule has 0 spiro atoms. The average Bonchev–Trinajstić information content (AvgIpc) is 2.79. The molecule has 0 unspecified atom stereocenters. The van der Waals surface area contributed by atoms with Crippen molar-refractivity contribution in [3.63, 3.8) is 0 Å². The molecule has 0 saturated carbocycles. The lowest BCUT2D eigenvalue weighted by molar-refractivity contribution is 0.394. The number of hydrazone groups is 1. The molecule has 30 heavy (non-hydrogen) atoms. The van der Waals surface area contributed by atoms with Crippen molar-refractivity contribution in [2.75, 3.05) is 19.6 Å². The zero-order chi connectivity index (χ0) is 20.9. The molecule has 0 saturated heterocycles. The lowest BCUT2D eigenvalue weighted by atomic mass is 10.0. The highest BCUT2D eigenvalue weighted by Crippen LogP contribution is 2.28. The fraction of sp³-hybridized carbons (Fsp3) is 0.125. The van der Waals surface area contributed by atoms with Gasteiger partial charge in [0.2, 0.25) is 5.95 Å². The molecule has 0 atom stereocenters. The number of ether oxygens (including phenoxy) is 2. The average molecular weight is 398 g/mol. The molecule has 1 aromatic heterocycles. The molecule has 0 radical (unpaired) electrons. The standard InChI is InChI=1S/C24H22N4O2/c1-16-9-12-21-20(13-16)23(17-7-5-4-6-8-17)27-24(26-21)28-25-15-18-10-11-19(29-2)14-22(18)30-3/h4-15H,1-3H3,(H,26,27,28)/b25-15+. The zero-order valence-corrected chi connectivity index (χ0v) is 17.1. The summed E-state index contributed by atoms with van der Waals surface area (Å²) in [5.74, 6) is 1.81. The summed E-state index contributed by atoms with van der Waals surface area (Å²) in [4.78, 5) is 9.34. The van der Waals surface area contributed by atoms with Crippen LogP contribution in [-0.4, -0.2) is 30.4 Å². The first-order valence-electron chi connectivity index (χ1n) is 9.53. The molecular weight excluding hydrogens is 376 g/mol. The Bertz CT molecular complexity index is 1210. The number of anilines is 1. The van der Waals surface area contributed by atoms with Crippen molar-refractivity contribution in [2.45, 2.75) is 6.92 Å². The normalized spacial score (nSPS) is 11.0. The maximum atomic E-state index is 5.41. The molecule has 0 amide bonds. The highest BCUT2D eigenvalue weighted by atomic mass is 16.5. The summed E-state index contributed by atoms with van der Waals surface area (Å²) in [6, 6.07) is 21.8. The molecule has 1 N–H and O–H groups in total. The second kappa shape index (κ2) is 8.61. The Morgan fingerprint density at radius 1 is 0.900 bits per heavy atom. The van der Waals surface area contributed by atoms with Gasteiger partial charge in [-0.25, -0.2) is 15.4 Å². The van der Waals surface area contributed by atoms with Gasteiger partial charge < -0.3 is 9.47 Å². The molecule has 4 rings (SSSR count). The number of nitrogens with one attached hydrogen (secondary N) is 1. The van der Waals surface area contributed by atoms with Gasteiger partial charge in [-0.05, 0) is 31.2 Å². The SMILES string of the molecule is COc1ccc(/C=N/Nc2nc(-c3ccccc3)c3cc(C)ccc3n2)c(OC)c1. The number of nitrogens with zero attached hydrogens (tertiary/aromatic N) is 3. The summed E-state index contributed by atoms with van der Waals surface area (Å²) in [6.07, 6.45) is 1.67. The Morgan fingerprint density at radius 3 is 2.50 bits per heavy atom. The van der Waals surface area contributed by atoms with Gasteiger partial charge in [0.15, 0.2) is 0 Å². The summed E-state index contributed by atoms with van der Waals surface area (Å²) in [5.41, 5.74) is 7.67. The predicted molar refractivity (Wildman–Crippen MR) is 120 cm³/mol. The van der Waals surface area contributed by atoms with Gasteiger partial charge in [0, 0.05) is 22.6 Å². The van der Waals surface area contributed by atoms with E-state index in [0.29, 0.717) is 11.7 Å². The van der Waals surface area contributed by atoms with E-state index in [1.54, 1.807) is 20.4 Å². The number of fused-ring (bicyclic) bond motifs is 1. The topological polar surface area (TPSA) is 68.6 Å². The number of hydrogen-bond acceptors (Lipinski definition) is 6. The number of aryl methyl sites for hydroxylation is 1. The van der Waals surface area contributed by atoms with Crippen molar-refractivity contribution in [1.29, 1.82) is 0 Å². The Kier molecular flexibility index (Phi) is 5.57. The van der Waals surface area contributed by atoms with E-state index in [4.69, 9.17) is 14.5 Å². The van der Waals surface area contributed by atoms with Crippen LogP contribution in [0, 0.1) is 6.92 Å². The van der Waals surface area contributed by atoms with E-state index < -0.39 is 0 Å². The van der Waals surface area contributed by atoms with Crippen molar-refractivity contribution < 1.29 is 9.47 Å². The Morgan fingerprint density at radius 2 is 1.73 bits per heavy atom. The number of benzene rings is 3. The fourth-order valence-corrected chi connectivity index (χ4v) is 3.19. The first-order valence-corrected chi connectivity index (χ1v) is 9.53. The van der Waals surface area contributed by atoms with Crippen LogP contribution in [0.25, 0.3) is 22.2 Å². The second-order valence-electron chi connectivity index (χ2n) is 6.76. The predicted octanol–water partition coefficient (Wildman–Crippen LogP) is 5.07. The lowest BCUT2D eigenvalue weighted by Crippen LogP contribution is -2.00. The van der Waals surface area contributed by atoms with Gasteiger partial charge in [-0.1, -0.05) is 42.0 Å². The summed E-state index contributed by atoms with van der Waals surface area (Å²) in [6.45, 7) is 2.06. The third-order valence-corrected chi connectivity index (χ3v) is 4.71. The Balaban J connectivity index is 1.68. The van der Waals surface area contributed by atoms with E-state index >= 15 is 0 Å². The largest absolute Gasteiger partial charge is 0.497 e. The molecule has 0 fully saturated rings. The summed E-state index contributed by atoms with van der Waals surface area (Å²) >= 11 is 0. The monoisotopic (exact) mass is 398 g/mol. The summed E-state index contributed by atoms with van der Waals surface area (Å²) < 4.78 is 10.6.